The quantitative estimate of drug-likeness (QED) is 0.424. The van der Waals surface area contributed by atoms with Crippen molar-refractivity contribution in [1.82, 2.24) is 14.8 Å². The zero-order valence-corrected chi connectivity index (χ0v) is 15.6. The number of fused-ring (bicyclic) bond motifs is 1. The summed E-state index contributed by atoms with van der Waals surface area (Å²) in [5.74, 6) is -0.804. The van der Waals surface area contributed by atoms with E-state index in [2.05, 4.69) is 10.1 Å². The Morgan fingerprint density at radius 3 is 2.54 bits per heavy atom. The van der Waals surface area contributed by atoms with Gasteiger partial charge in [0.25, 0.3) is 0 Å². The van der Waals surface area contributed by atoms with Gasteiger partial charge in [0.1, 0.15) is 5.56 Å². The minimum atomic E-state index is -0.551. The van der Waals surface area contributed by atoms with Crippen molar-refractivity contribution in [2.45, 2.75) is 13.8 Å². The Balaban J connectivity index is 1.53. The van der Waals surface area contributed by atoms with Gasteiger partial charge in [0.05, 0.1) is 17.1 Å². The lowest BCUT2D eigenvalue weighted by molar-refractivity contribution is 0.0473. The molecule has 0 saturated carbocycles. The smallest absolute Gasteiger partial charge is 0.342 e. The number of para-hydroxylation sites is 2. The highest BCUT2D eigenvalue weighted by Crippen LogP contribution is 2.20. The summed E-state index contributed by atoms with van der Waals surface area (Å²) in [6, 6.07) is 17.1. The lowest BCUT2D eigenvalue weighted by Gasteiger charge is -2.06. The number of carbonyl (C=O) groups is 2. The van der Waals surface area contributed by atoms with Gasteiger partial charge in [0.15, 0.2) is 6.61 Å². The largest absolute Gasteiger partial charge is 0.454 e. The molecule has 0 bridgehead atoms. The molecular formula is C22H19N3O3. The third-order valence-corrected chi connectivity index (χ3v) is 4.72. The summed E-state index contributed by atoms with van der Waals surface area (Å²) < 4.78 is 7.02. The Morgan fingerprint density at radius 2 is 1.75 bits per heavy atom. The van der Waals surface area contributed by atoms with Gasteiger partial charge in [-0.2, -0.15) is 5.10 Å². The number of aromatic nitrogens is 3. The summed E-state index contributed by atoms with van der Waals surface area (Å²) in [7, 11) is 0. The van der Waals surface area contributed by atoms with E-state index >= 15 is 0 Å². The first-order valence-corrected chi connectivity index (χ1v) is 8.94. The van der Waals surface area contributed by atoms with Crippen molar-refractivity contribution < 1.29 is 14.3 Å². The van der Waals surface area contributed by atoms with E-state index in [1.54, 1.807) is 17.8 Å². The third kappa shape index (κ3) is 3.09. The number of benzene rings is 2. The number of carbonyl (C=O) groups excluding carboxylic acids is 2. The maximum absolute atomic E-state index is 12.6. The van der Waals surface area contributed by atoms with Gasteiger partial charge >= 0.3 is 5.97 Å². The zero-order chi connectivity index (χ0) is 19.7. The lowest BCUT2D eigenvalue weighted by atomic mass is 10.1. The first kappa shape index (κ1) is 17.7. The summed E-state index contributed by atoms with van der Waals surface area (Å²) in [6.45, 7) is 3.24. The van der Waals surface area contributed by atoms with Crippen LogP contribution in [0.3, 0.4) is 0 Å². The van der Waals surface area contributed by atoms with Crippen LogP contribution in [0.15, 0.2) is 60.8 Å². The highest BCUT2D eigenvalue weighted by atomic mass is 16.5. The standard InChI is InChI=1S/C22H19N3O3/c1-14-21(15(2)25(24-14)16-8-4-3-5-9-16)22(27)28-13-20(26)18-12-23-19-11-7-6-10-17(18)19/h3-12,23H,13H2,1-2H3. The summed E-state index contributed by atoms with van der Waals surface area (Å²) in [5.41, 5.74) is 3.86. The molecule has 28 heavy (non-hydrogen) atoms. The minimum Gasteiger partial charge on any atom is -0.454 e. The average Bonchev–Trinajstić information content (AvgIpc) is 3.27. The maximum atomic E-state index is 12.6. The molecule has 0 atom stereocenters. The van der Waals surface area contributed by atoms with Crippen LogP contribution in [0, 0.1) is 13.8 Å². The number of H-pyrrole nitrogens is 1. The predicted molar refractivity (Wildman–Crippen MR) is 106 cm³/mol. The Bertz CT molecular complexity index is 1170. The number of esters is 1. The molecule has 0 aliphatic rings. The molecule has 0 saturated heterocycles. The lowest BCUT2D eigenvalue weighted by Crippen LogP contribution is -2.15. The molecule has 0 spiro atoms. The molecule has 140 valence electrons. The molecule has 0 aliphatic carbocycles. The molecule has 0 unspecified atom stereocenters. The van der Waals surface area contributed by atoms with E-state index in [9.17, 15) is 9.59 Å². The van der Waals surface area contributed by atoms with E-state index in [0.29, 0.717) is 22.5 Å². The molecule has 2 heterocycles. The molecule has 4 aromatic rings. The van der Waals surface area contributed by atoms with Crippen molar-refractivity contribution in [3.05, 3.63) is 83.3 Å². The number of rotatable bonds is 5. The molecule has 1 N–H and O–H groups in total. The van der Waals surface area contributed by atoms with Crippen LogP contribution in [-0.2, 0) is 4.74 Å². The highest BCUT2D eigenvalue weighted by Gasteiger charge is 2.22. The number of hydrogen-bond acceptors (Lipinski definition) is 4. The average molecular weight is 373 g/mol. The minimum absolute atomic E-state index is 0.253. The van der Waals surface area contributed by atoms with Gasteiger partial charge < -0.3 is 9.72 Å². The van der Waals surface area contributed by atoms with Gasteiger partial charge in [-0.25, -0.2) is 9.48 Å². The number of ether oxygens (including phenoxy) is 1. The van der Waals surface area contributed by atoms with E-state index in [4.69, 9.17) is 4.74 Å². The number of Topliss-reactive ketones (excluding diaryl/α,β-unsaturated/α-hetero) is 1. The number of hydrogen-bond donors (Lipinski definition) is 1. The van der Waals surface area contributed by atoms with Gasteiger partial charge in [0, 0.05) is 22.7 Å². The van der Waals surface area contributed by atoms with Crippen LogP contribution in [0.2, 0.25) is 0 Å². The third-order valence-electron chi connectivity index (χ3n) is 4.72. The summed E-state index contributed by atoms with van der Waals surface area (Å²) in [6.07, 6.45) is 1.64. The molecule has 2 aromatic carbocycles. The monoisotopic (exact) mass is 373 g/mol. The number of aryl methyl sites for hydroxylation is 1. The highest BCUT2D eigenvalue weighted by molar-refractivity contribution is 6.09. The van der Waals surface area contributed by atoms with Crippen molar-refractivity contribution in [2.75, 3.05) is 6.61 Å². The molecule has 0 fully saturated rings. The van der Waals surface area contributed by atoms with Crippen molar-refractivity contribution in [3.63, 3.8) is 0 Å². The van der Waals surface area contributed by atoms with Crippen molar-refractivity contribution in [1.29, 1.82) is 0 Å². The van der Waals surface area contributed by atoms with Gasteiger partial charge in [0.2, 0.25) is 5.78 Å². The van der Waals surface area contributed by atoms with Gasteiger partial charge in [-0.1, -0.05) is 36.4 Å². The second-order valence-electron chi connectivity index (χ2n) is 6.54. The van der Waals surface area contributed by atoms with Crippen LogP contribution in [0.5, 0.6) is 0 Å². The molecule has 2 aromatic heterocycles. The number of nitrogens with one attached hydrogen (secondary N) is 1. The number of ketones is 1. The topological polar surface area (TPSA) is 77.0 Å². The Morgan fingerprint density at radius 1 is 1.04 bits per heavy atom. The predicted octanol–water partition coefficient (Wildman–Crippen LogP) is 4.01. The fourth-order valence-corrected chi connectivity index (χ4v) is 3.34. The molecule has 0 amide bonds. The van der Waals surface area contributed by atoms with Gasteiger partial charge in [-0.3, -0.25) is 4.79 Å². The molecule has 0 radical (unpaired) electrons. The second kappa shape index (κ2) is 7.15. The van der Waals surface area contributed by atoms with Crippen LogP contribution >= 0.6 is 0 Å². The molecule has 4 rings (SSSR count). The van der Waals surface area contributed by atoms with Crippen molar-refractivity contribution in [3.8, 4) is 5.69 Å². The van der Waals surface area contributed by atoms with Gasteiger partial charge in [-0.15, -0.1) is 0 Å². The fourth-order valence-electron chi connectivity index (χ4n) is 3.34. The SMILES string of the molecule is Cc1nn(-c2ccccc2)c(C)c1C(=O)OCC(=O)c1c[nH]c2ccccc12. The molecule has 0 aliphatic heterocycles. The van der Waals surface area contributed by atoms with Gasteiger partial charge in [-0.05, 0) is 32.0 Å². The van der Waals surface area contributed by atoms with E-state index in [0.717, 1.165) is 16.6 Å². The summed E-state index contributed by atoms with van der Waals surface area (Å²) >= 11 is 0. The first-order chi connectivity index (χ1) is 13.6. The molecule has 6 heteroatoms. The molecular weight excluding hydrogens is 354 g/mol. The molecule has 6 nitrogen and oxygen atoms in total. The summed E-state index contributed by atoms with van der Waals surface area (Å²) in [5, 5.41) is 5.26. The maximum Gasteiger partial charge on any atom is 0.342 e. The normalized spacial score (nSPS) is 10.9. The zero-order valence-electron chi connectivity index (χ0n) is 15.6. The second-order valence-corrected chi connectivity index (χ2v) is 6.54. The number of aromatic amines is 1. The first-order valence-electron chi connectivity index (χ1n) is 8.94. The van der Waals surface area contributed by atoms with E-state index in [-0.39, 0.29) is 12.4 Å². The van der Waals surface area contributed by atoms with Crippen LogP contribution in [0.1, 0.15) is 32.1 Å². The van der Waals surface area contributed by atoms with Crippen LogP contribution in [-0.4, -0.2) is 33.1 Å². The van der Waals surface area contributed by atoms with Crippen LogP contribution in [0.4, 0.5) is 0 Å². The fraction of sp³-hybridized carbons (Fsp3) is 0.136. The Labute approximate surface area is 161 Å². The Hall–Kier alpha value is -3.67. The van der Waals surface area contributed by atoms with Crippen LogP contribution < -0.4 is 0 Å². The Kier molecular flexibility index (Phi) is 4.53. The van der Waals surface area contributed by atoms with Crippen molar-refractivity contribution in [2.24, 2.45) is 0 Å². The van der Waals surface area contributed by atoms with Crippen LogP contribution in [0.25, 0.3) is 16.6 Å². The van der Waals surface area contributed by atoms with E-state index < -0.39 is 5.97 Å². The van der Waals surface area contributed by atoms with E-state index in [1.807, 2.05) is 61.5 Å². The van der Waals surface area contributed by atoms with Crippen molar-refractivity contribution >= 4 is 22.7 Å². The number of nitrogens with zero attached hydrogens (tertiary/aromatic N) is 2. The summed E-state index contributed by atoms with van der Waals surface area (Å²) in [4.78, 5) is 28.2. The van der Waals surface area contributed by atoms with E-state index in [1.165, 1.54) is 0 Å².